The number of hydrogen-bond acceptors (Lipinski definition) is 8. The van der Waals surface area contributed by atoms with Gasteiger partial charge in [-0.1, -0.05) is 80.4 Å². The highest BCUT2D eigenvalue weighted by atomic mass is 16.5. The molecule has 0 atom stereocenters. The van der Waals surface area contributed by atoms with Crippen molar-refractivity contribution in [1.29, 1.82) is 0 Å². The lowest BCUT2D eigenvalue weighted by atomic mass is 9.88. The van der Waals surface area contributed by atoms with Crippen molar-refractivity contribution in [2.75, 3.05) is 16.5 Å². The van der Waals surface area contributed by atoms with E-state index in [1.54, 1.807) is 0 Å². The van der Waals surface area contributed by atoms with Gasteiger partial charge in [0.1, 0.15) is 24.0 Å². The third-order valence-electron chi connectivity index (χ3n) is 12.1. The Bertz CT molecular complexity index is 3150. The van der Waals surface area contributed by atoms with Gasteiger partial charge in [0.2, 0.25) is 5.95 Å². The minimum absolute atomic E-state index is 0.0186. The molecule has 5 aromatic carbocycles. The van der Waals surface area contributed by atoms with E-state index in [-0.39, 0.29) is 5.41 Å². The molecule has 0 aliphatic carbocycles. The van der Waals surface area contributed by atoms with Crippen LogP contribution in [-0.4, -0.2) is 36.2 Å². The number of aryl methyl sites for hydroxylation is 6. The SMILES string of the molecule is Cc1cc(C)c(-c2nc(-c3c(C)cc(C)cc3C)nc(N3CN(c4cccc(Oc5ccc6c7ccccc7n(-c7cc(C(C)(C)C)ccn7)c6c5)c4)c4cccnc43)n2)c(C)c1. The molecule has 10 rings (SSSR count). The quantitative estimate of drug-likeness (QED) is 0.157. The van der Waals surface area contributed by atoms with Crippen molar-refractivity contribution in [2.45, 2.75) is 67.7 Å². The lowest BCUT2D eigenvalue weighted by molar-refractivity contribution is 0.483. The highest BCUT2D eigenvalue weighted by molar-refractivity contribution is 6.09. The van der Waals surface area contributed by atoms with Gasteiger partial charge >= 0.3 is 0 Å². The number of rotatable bonds is 7. The molecule has 312 valence electrons. The highest BCUT2D eigenvalue weighted by Gasteiger charge is 2.32. The molecule has 0 unspecified atom stereocenters. The lowest BCUT2D eigenvalue weighted by Crippen LogP contribution is -2.26. The first-order valence-electron chi connectivity index (χ1n) is 21.5. The summed E-state index contributed by atoms with van der Waals surface area (Å²) in [6.45, 7) is 19.9. The molecule has 0 saturated carbocycles. The van der Waals surface area contributed by atoms with Crippen molar-refractivity contribution in [1.82, 2.24) is 29.5 Å². The molecule has 1 aliphatic rings. The number of pyridine rings is 2. The fourth-order valence-electron chi connectivity index (χ4n) is 9.36. The van der Waals surface area contributed by atoms with E-state index in [9.17, 15) is 0 Å². The number of ether oxygens (including phenoxy) is 1. The van der Waals surface area contributed by atoms with E-state index in [4.69, 9.17) is 29.7 Å². The molecule has 9 aromatic rings. The van der Waals surface area contributed by atoms with E-state index in [2.05, 4.69) is 168 Å². The summed E-state index contributed by atoms with van der Waals surface area (Å²) < 4.78 is 8.96. The number of benzene rings is 5. The summed E-state index contributed by atoms with van der Waals surface area (Å²) >= 11 is 0. The third-order valence-corrected chi connectivity index (χ3v) is 12.1. The maximum atomic E-state index is 6.72. The van der Waals surface area contributed by atoms with Gasteiger partial charge in [0.25, 0.3) is 0 Å². The molecule has 0 radical (unpaired) electrons. The van der Waals surface area contributed by atoms with E-state index in [0.717, 1.165) is 78.6 Å². The predicted octanol–water partition coefficient (Wildman–Crippen LogP) is 13.3. The van der Waals surface area contributed by atoms with Crippen LogP contribution in [0.2, 0.25) is 0 Å². The van der Waals surface area contributed by atoms with Crippen LogP contribution in [0, 0.1) is 41.5 Å². The van der Waals surface area contributed by atoms with Gasteiger partial charge in [0.15, 0.2) is 17.5 Å². The van der Waals surface area contributed by atoms with E-state index in [0.29, 0.717) is 30.0 Å². The highest BCUT2D eigenvalue weighted by Crippen LogP contribution is 2.44. The molecule has 9 nitrogen and oxygen atoms in total. The van der Waals surface area contributed by atoms with Gasteiger partial charge in [-0.05, 0) is 129 Å². The number of aromatic nitrogens is 6. The Kier molecular flexibility index (Phi) is 9.59. The molecule has 1 aliphatic heterocycles. The third kappa shape index (κ3) is 7.13. The Balaban J connectivity index is 1.03. The topological polar surface area (TPSA) is 85.1 Å². The normalized spacial score (nSPS) is 12.7. The maximum Gasteiger partial charge on any atom is 0.236 e. The number of fused-ring (bicyclic) bond motifs is 4. The Morgan fingerprint density at radius 1 is 0.540 bits per heavy atom. The summed E-state index contributed by atoms with van der Waals surface area (Å²) in [6, 6.07) is 40.2. The fourth-order valence-corrected chi connectivity index (χ4v) is 9.36. The van der Waals surface area contributed by atoms with Crippen LogP contribution in [0.3, 0.4) is 0 Å². The van der Waals surface area contributed by atoms with Crippen molar-refractivity contribution in [3.8, 4) is 40.1 Å². The van der Waals surface area contributed by atoms with E-state index < -0.39 is 0 Å². The Labute approximate surface area is 368 Å². The van der Waals surface area contributed by atoms with Crippen molar-refractivity contribution in [2.24, 2.45) is 0 Å². The van der Waals surface area contributed by atoms with Crippen molar-refractivity contribution >= 4 is 44.9 Å². The zero-order valence-electron chi connectivity index (χ0n) is 37.3. The van der Waals surface area contributed by atoms with Crippen molar-refractivity contribution < 1.29 is 4.74 Å². The standard InChI is InChI=1S/C54H50N8O/c1-32-24-34(3)48(35(4)25-32)50-57-51(49-36(5)26-33(2)27-37(49)6)59-53(58-50)61-31-60(45-18-13-22-56-52(45)61)39-14-12-15-40(29-39)63-41-19-20-43-42-16-10-11-17-44(42)62(46(43)30-41)47-28-38(21-23-55-47)54(7,8)9/h10-30H,31H2,1-9H3. The van der Waals surface area contributed by atoms with Gasteiger partial charge in [0.05, 0.1) is 16.7 Å². The van der Waals surface area contributed by atoms with Crippen LogP contribution >= 0.6 is 0 Å². The first-order chi connectivity index (χ1) is 30.3. The summed E-state index contributed by atoms with van der Waals surface area (Å²) in [4.78, 5) is 29.8. The Hall–Kier alpha value is -7.39. The molecule has 63 heavy (non-hydrogen) atoms. The molecular weight excluding hydrogens is 777 g/mol. The summed E-state index contributed by atoms with van der Waals surface area (Å²) in [6.07, 6.45) is 3.73. The van der Waals surface area contributed by atoms with Crippen LogP contribution in [0.25, 0.3) is 50.4 Å². The first-order valence-corrected chi connectivity index (χ1v) is 21.5. The van der Waals surface area contributed by atoms with Gasteiger partial charge in [-0.2, -0.15) is 9.97 Å². The van der Waals surface area contributed by atoms with Crippen LogP contribution in [0.1, 0.15) is 59.7 Å². The van der Waals surface area contributed by atoms with Crippen LogP contribution in [0.15, 0.2) is 128 Å². The zero-order valence-corrected chi connectivity index (χ0v) is 37.3. The zero-order chi connectivity index (χ0) is 43.7. The summed E-state index contributed by atoms with van der Waals surface area (Å²) in [5.74, 6) is 4.91. The molecule has 0 spiro atoms. The van der Waals surface area contributed by atoms with Crippen LogP contribution in [-0.2, 0) is 5.41 Å². The van der Waals surface area contributed by atoms with Crippen molar-refractivity contribution in [3.63, 3.8) is 0 Å². The van der Waals surface area contributed by atoms with E-state index in [1.807, 2.05) is 36.7 Å². The second-order valence-electron chi connectivity index (χ2n) is 18.0. The first kappa shape index (κ1) is 39.7. The van der Waals surface area contributed by atoms with Crippen LogP contribution in [0.4, 0.5) is 23.1 Å². The minimum atomic E-state index is -0.0186. The summed E-state index contributed by atoms with van der Waals surface area (Å²) in [5, 5.41) is 2.31. The Morgan fingerprint density at radius 3 is 1.87 bits per heavy atom. The van der Waals surface area contributed by atoms with Crippen molar-refractivity contribution in [3.05, 3.63) is 167 Å². The second-order valence-corrected chi connectivity index (χ2v) is 18.0. The number of anilines is 4. The number of hydrogen-bond donors (Lipinski definition) is 0. The molecule has 0 amide bonds. The van der Waals surface area contributed by atoms with Crippen LogP contribution < -0.4 is 14.5 Å². The molecule has 5 heterocycles. The fraction of sp³-hybridized carbons (Fsp3) is 0.204. The van der Waals surface area contributed by atoms with Gasteiger partial charge in [0, 0.05) is 52.1 Å². The van der Waals surface area contributed by atoms with Gasteiger partial charge in [-0.15, -0.1) is 0 Å². The molecule has 0 saturated heterocycles. The molecule has 0 bridgehead atoms. The molecular formula is C54H50N8O. The monoisotopic (exact) mass is 826 g/mol. The minimum Gasteiger partial charge on any atom is -0.457 e. The van der Waals surface area contributed by atoms with Gasteiger partial charge < -0.3 is 9.64 Å². The molecule has 0 N–H and O–H groups in total. The van der Waals surface area contributed by atoms with Gasteiger partial charge in [-0.3, -0.25) is 9.47 Å². The lowest BCUT2D eigenvalue weighted by Gasteiger charge is -2.22. The van der Waals surface area contributed by atoms with Crippen LogP contribution in [0.5, 0.6) is 11.5 Å². The predicted molar refractivity (Wildman–Crippen MR) is 256 cm³/mol. The average molecular weight is 827 g/mol. The van der Waals surface area contributed by atoms with Gasteiger partial charge in [-0.25, -0.2) is 15.0 Å². The Morgan fingerprint density at radius 2 is 1.19 bits per heavy atom. The summed E-state index contributed by atoms with van der Waals surface area (Å²) in [7, 11) is 0. The molecule has 9 heteroatoms. The summed E-state index contributed by atoms with van der Waals surface area (Å²) in [5.41, 5.74) is 14.2. The molecule has 4 aromatic heterocycles. The average Bonchev–Trinajstić information content (AvgIpc) is 3.79. The number of para-hydroxylation sites is 1. The smallest absolute Gasteiger partial charge is 0.236 e. The molecule has 0 fully saturated rings. The van der Waals surface area contributed by atoms with E-state index >= 15 is 0 Å². The number of nitrogens with zero attached hydrogens (tertiary/aromatic N) is 8. The largest absolute Gasteiger partial charge is 0.457 e. The second kappa shape index (κ2) is 15.2. The van der Waals surface area contributed by atoms with E-state index in [1.165, 1.54) is 22.1 Å². The maximum absolute atomic E-state index is 6.72.